The number of fused-ring (bicyclic) bond motifs is 1. The fourth-order valence-electron chi connectivity index (χ4n) is 3.77. The number of urea groups is 1. The van der Waals surface area contributed by atoms with Gasteiger partial charge in [0.15, 0.2) is 9.84 Å². The summed E-state index contributed by atoms with van der Waals surface area (Å²) in [6.45, 7) is 10.7. The first-order chi connectivity index (χ1) is 15.7. The van der Waals surface area contributed by atoms with Gasteiger partial charge in [-0.05, 0) is 59.9 Å². The number of sulfone groups is 1. The standard InChI is InChI=1S/C26H31N3O3S/c1-5-7-20(6-2)17-29(4)26(30)28-24-10-12-25(13-11-24)33(31,32)18-21-8-9-22-16-27-19(3)14-23(22)15-21/h5-13,15,19,27H,1-2,14,16-18H2,3-4H3,(H,28,30)/b20-7+. The van der Waals surface area contributed by atoms with Crippen LogP contribution in [0.5, 0.6) is 0 Å². The highest BCUT2D eigenvalue weighted by atomic mass is 32.2. The summed E-state index contributed by atoms with van der Waals surface area (Å²) < 4.78 is 25.9. The Balaban J connectivity index is 1.66. The predicted octanol–water partition coefficient (Wildman–Crippen LogP) is 4.46. The van der Waals surface area contributed by atoms with E-state index in [2.05, 4.69) is 30.7 Å². The van der Waals surface area contributed by atoms with Gasteiger partial charge in [0.25, 0.3) is 0 Å². The van der Waals surface area contributed by atoms with Gasteiger partial charge >= 0.3 is 6.03 Å². The van der Waals surface area contributed by atoms with E-state index in [-0.39, 0.29) is 16.7 Å². The van der Waals surface area contributed by atoms with Crippen molar-refractivity contribution in [2.24, 2.45) is 0 Å². The average Bonchev–Trinajstić information content (AvgIpc) is 2.78. The molecule has 2 aromatic rings. The SMILES string of the molecule is C=C/C=C(\C=C)CN(C)C(=O)Nc1ccc(S(=O)(=O)Cc2ccc3c(c2)CC(C)NC3)cc1. The Kier molecular flexibility index (Phi) is 7.89. The van der Waals surface area contributed by atoms with E-state index in [1.807, 2.05) is 18.2 Å². The molecule has 1 atom stereocenters. The van der Waals surface area contributed by atoms with Crippen molar-refractivity contribution in [2.45, 2.75) is 36.6 Å². The van der Waals surface area contributed by atoms with Gasteiger partial charge in [0.2, 0.25) is 0 Å². The van der Waals surface area contributed by atoms with Crippen LogP contribution in [0.25, 0.3) is 0 Å². The molecule has 0 radical (unpaired) electrons. The molecule has 33 heavy (non-hydrogen) atoms. The number of allylic oxidation sites excluding steroid dienone is 2. The first kappa shape index (κ1) is 24.5. The molecule has 2 N–H and O–H groups in total. The van der Waals surface area contributed by atoms with Crippen LogP contribution in [-0.2, 0) is 28.6 Å². The number of likely N-dealkylation sites (N-methyl/N-ethyl adjacent to an activating group) is 1. The molecule has 6 nitrogen and oxygen atoms in total. The smallest absolute Gasteiger partial charge is 0.321 e. The van der Waals surface area contributed by atoms with Gasteiger partial charge < -0.3 is 15.5 Å². The number of hydrogen-bond donors (Lipinski definition) is 2. The molecular weight excluding hydrogens is 434 g/mol. The summed E-state index contributed by atoms with van der Waals surface area (Å²) in [6.07, 6.45) is 6.00. The zero-order chi connectivity index (χ0) is 24.0. The largest absolute Gasteiger partial charge is 0.323 e. The second kappa shape index (κ2) is 10.6. The summed E-state index contributed by atoms with van der Waals surface area (Å²) >= 11 is 0. The van der Waals surface area contributed by atoms with Crippen molar-refractivity contribution in [3.8, 4) is 0 Å². The van der Waals surface area contributed by atoms with Gasteiger partial charge in [0, 0.05) is 31.9 Å². The summed E-state index contributed by atoms with van der Waals surface area (Å²) in [4.78, 5) is 14.2. The third kappa shape index (κ3) is 6.43. The van der Waals surface area contributed by atoms with Crippen LogP contribution in [0.15, 0.2) is 84.3 Å². The van der Waals surface area contributed by atoms with Crippen LogP contribution < -0.4 is 10.6 Å². The van der Waals surface area contributed by atoms with E-state index < -0.39 is 9.84 Å². The third-order valence-electron chi connectivity index (χ3n) is 5.62. The number of hydrogen-bond acceptors (Lipinski definition) is 4. The summed E-state index contributed by atoms with van der Waals surface area (Å²) in [5.74, 6) is -0.0590. The maximum absolute atomic E-state index is 13.0. The minimum absolute atomic E-state index is 0.0590. The summed E-state index contributed by atoms with van der Waals surface area (Å²) in [5.41, 5.74) is 4.59. The van der Waals surface area contributed by atoms with Crippen LogP contribution in [0.2, 0.25) is 0 Å². The molecule has 3 rings (SSSR count). The molecular formula is C26H31N3O3S. The molecule has 1 aliphatic rings. The fraction of sp³-hybridized carbons (Fsp3) is 0.269. The second-order valence-electron chi connectivity index (χ2n) is 8.34. The zero-order valence-corrected chi connectivity index (χ0v) is 20.0. The van der Waals surface area contributed by atoms with Crippen LogP contribution >= 0.6 is 0 Å². The van der Waals surface area contributed by atoms with E-state index in [9.17, 15) is 13.2 Å². The minimum Gasteiger partial charge on any atom is -0.323 e. The number of rotatable bonds is 8. The molecule has 0 aromatic heterocycles. The van der Waals surface area contributed by atoms with E-state index >= 15 is 0 Å². The van der Waals surface area contributed by atoms with Crippen molar-refractivity contribution in [2.75, 3.05) is 18.9 Å². The Morgan fingerprint density at radius 2 is 1.91 bits per heavy atom. The van der Waals surface area contributed by atoms with Gasteiger partial charge in [0.1, 0.15) is 0 Å². The predicted molar refractivity (Wildman–Crippen MR) is 134 cm³/mol. The van der Waals surface area contributed by atoms with Crippen molar-refractivity contribution in [1.82, 2.24) is 10.2 Å². The summed E-state index contributed by atoms with van der Waals surface area (Å²) in [6, 6.07) is 12.2. The highest BCUT2D eigenvalue weighted by molar-refractivity contribution is 7.90. The Labute approximate surface area is 196 Å². The van der Waals surface area contributed by atoms with Gasteiger partial charge in [-0.2, -0.15) is 0 Å². The van der Waals surface area contributed by atoms with Gasteiger partial charge in [-0.15, -0.1) is 0 Å². The molecule has 2 aromatic carbocycles. The number of benzene rings is 2. The van der Waals surface area contributed by atoms with Crippen LogP contribution in [-0.4, -0.2) is 39.0 Å². The van der Waals surface area contributed by atoms with E-state index in [0.717, 1.165) is 24.1 Å². The molecule has 0 fully saturated rings. The Hall–Kier alpha value is -3.16. The molecule has 0 aliphatic carbocycles. The number of carbonyl (C=O) groups excluding carboxylic acids is 1. The first-order valence-corrected chi connectivity index (χ1v) is 12.5. The maximum Gasteiger partial charge on any atom is 0.321 e. The molecule has 0 spiro atoms. The molecule has 2 amide bonds. The molecule has 174 valence electrons. The lowest BCUT2D eigenvalue weighted by Crippen LogP contribution is -2.32. The molecule has 1 heterocycles. The normalized spacial score (nSPS) is 15.9. The first-order valence-electron chi connectivity index (χ1n) is 10.8. The molecule has 7 heteroatoms. The molecule has 0 bridgehead atoms. The van der Waals surface area contributed by atoms with E-state index in [4.69, 9.17) is 0 Å². The lowest BCUT2D eigenvalue weighted by Gasteiger charge is -2.23. The summed E-state index contributed by atoms with van der Waals surface area (Å²) in [5, 5.41) is 6.19. The van der Waals surface area contributed by atoms with Gasteiger partial charge in [-0.25, -0.2) is 13.2 Å². The lowest BCUT2D eigenvalue weighted by molar-refractivity contribution is 0.226. The molecule has 1 unspecified atom stereocenters. The monoisotopic (exact) mass is 465 g/mol. The van der Waals surface area contributed by atoms with Gasteiger partial charge in [0.05, 0.1) is 10.6 Å². The van der Waals surface area contributed by atoms with Crippen LogP contribution in [0.1, 0.15) is 23.6 Å². The average molecular weight is 466 g/mol. The quantitative estimate of drug-likeness (QED) is 0.565. The fourth-order valence-corrected chi connectivity index (χ4v) is 5.10. The molecule has 1 aliphatic heterocycles. The summed E-state index contributed by atoms with van der Waals surface area (Å²) in [7, 11) is -1.84. The van der Waals surface area contributed by atoms with Crippen molar-refractivity contribution in [1.29, 1.82) is 0 Å². The number of nitrogens with one attached hydrogen (secondary N) is 2. The maximum atomic E-state index is 13.0. The third-order valence-corrected chi connectivity index (χ3v) is 7.32. The Morgan fingerprint density at radius 3 is 2.58 bits per heavy atom. The van der Waals surface area contributed by atoms with Crippen molar-refractivity contribution >= 4 is 21.6 Å². The van der Waals surface area contributed by atoms with Crippen molar-refractivity contribution < 1.29 is 13.2 Å². The van der Waals surface area contributed by atoms with E-state index in [0.29, 0.717) is 18.3 Å². The number of nitrogens with zero attached hydrogens (tertiary/aromatic N) is 1. The zero-order valence-electron chi connectivity index (χ0n) is 19.2. The highest BCUT2D eigenvalue weighted by Crippen LogP contribution is 2.23. The minimum atomic E-state index is -3.51. The van der Waals surface area contributed by atoms with Crippen molar-refractivity contribution in [3.63, 3.8) is 0 Å². The van der Waals surface area contributed by atoms with Gasteiger partial charge in [-0.3, -0.25) is 0 Å². The van der Waals surface area contributed by atoms with Crippen LogP contribution in [0.4, 0.5) is 10.5 Å². The van der Waals surface area contributed by atoms with Crippen LogP contribution in [0.3, 0.4) is 0 Å². The number of carbonyl (C=O) groups is 1. The van der Waals surface area contributed by atoms with E-state index in [1.54, 1.807) is 37.4 Å². The second-order valence-corrected chi connectivity index (χ2v) is 10.3. The topological polar surface area (TPSA) is 78.5 Å². The van der Waals surface area contributed by atoms with E-state index in [1.165, 1.54) is 28.2 Å². The molecule has 0 saturated carbocycles. The number of anilines is 1. The van der Waals surface area contributed by atoms with Crippen molar-refractivity contribution in [3.05, 3.63) is 96.1 Å². The number of amides is 2. The molecule has 0 saturated heterocycles. The lowest BCUT2D eigenvalue weighted by atomic mass is 9.95. The Morgan fingerprint density at radius 1 is 1.18 bits per heavy atom. The Bertz CT molecular complexity index is 1170. The van der Waals surface area contributed by atoms with Gasteiger partial charge in [-0.1, -0.05) is 49.6 Å². The highest BCUT2D eigenvalue weighted by Gasteiger charge is 2.19. The van der Waals surface area contributed by atoms with Crippen LogP contribution in [0, 0.1) is 0 Å².